The number of nitrogens with one attached hydrogen (secondary N) is 1. The fourth-order valence-electron chi connectivity index (χ4n) is 3.52. The summed E-state index contributed by atoms with van der Waals surface area (Å²) in [5.74, 6) is 0. The maximum absolute atomic E-state index is 3.51. The Morgan fingerprint density at radius 3 is 1.70 bits per heavy atom. The van der Waals surface area contributed by atoms with Crippen molar-refractivity contribution in [2.45, 2.75) is 72.5 Å². The Balaban J connectivity index is 2.09. The molecule has 138 valence electrons. The molecule has 0 amide bonds. The van der Waals surface area contributed by atoms with Crippen LogP contribution in [0.5, 0.6) is 0 Å². The van der Waals surface area contributed by atoms with Gasteiger partial charge in [-0.25, -0.2) is 0 Å². The van der Waals surface area contributed by atoms with E-state index in [-0.39, 0.29) is 0 Å². The standard InChI is InChI=1S/C19H42N4/c1-17(2)20-9-7-10-21-13-15-22(16-14-21)11-8-12-23(18(3)4)19(5)6/h17-20H,7-16H2,1-6H3. The first-order chi connectivity index (χ1) is 10.9. The Morgan fingerprint density at radius 1 is 0.783 bits per heavy atom. The summed E-state index contributed by atoms with van der Waals surface area (Å²) in [4.78, 5) is 7.90. The van der Waals surface area contributed by atoms with Gasteiger partial charge in [0.1, 0.15) is 0 Å². The second kappa shape index (κ2) is 11.4. The molecule has 0 atom stereocenters. The molecule has 0 bridgehead atoms. The van der Waals surface area contributed by atoms with Crippen molar-refractivity contribution in [1.29, 1.82) is 0 Å². The van der Waals surface area contributed by atoms with Crippen molar-refractivity contribution >= 4 is 0 Å². The first-order valence-electron chi connectivity index (χ1n) is 9.84. The Labute approximate surface area is 145 Å². The van der Waals surface area contributed by atoms with Crippen LogP contribution in [0.15, 0.2) is 0 Å². The highest BCUT2D eigenvalue weighted by molar-refractivity contribution is 4.74. The summed E-state index contributed by atoms with van der Waals surface area (Å²) >= 11 is 0. The molecule has 1 rings (SSSR count). The second-order valence-electron chi connectivity index (χ2n) is 7.92. The first kappa shape index (κ1) is 20.9. The average molecular weight is 327 g/mol. The van der Waals surface area contributed by atoms with Crippen LogP contribution in [0.2, 0.25) is 0 Å². The minimum atomic E-state index is 0.614. The molecular formula is C19H42N4. The minimum absolute atomic E-state index is 0.614. The van der Waals surface area contributed by atoms with Gasteiger partial charge in [-0.05, 0) is 66.7 Å². The summed E-state index contributed by atoms with van der Waals surface area (Å²) in [5.41, 5.74) is 0. The molecule has 1 N–H and O–H groups in total. The SMILES string of the molecule is CC(C)NCCCN1CCN(CCCN(C(C)C)C(C)C)CC1. The fraction of sp³-hybridized carbons (Fsp3) is 1.00. The van der Waals surface area contributed by atoms with Gasteiger partial charge in [-0.2, -0.15) is 0 Å². The van der Waals surface area contributed by atoms with Gasteiger partial charge < -0.3 is 15.1 Å². The van der Waals surface area contributed by atoms with Crippen molar-refractivity contribution in [2.75, 3.05) is 52.4 Å². The molecule has 1 saturated heterocycles. The Bertz CT molecular complexity index is 275. The third-order valence-electron chi connectivity index (χ3n) is 4.89. The molecule has 1 aliphatic rings. The van der Waals surface area contributed by atoms with E-state index < -0.39 is 0 Å². The molecule has 0 spiro atoms. The van der Waals surface area contributed by atoms with Gasteiger partial charge in [0.25, 0.3) is 0 Å². The summed E-state index contributed by atoms with van der Waals surface area (Å²) in [6, 6.07) is 1.93. The third kappa shape index (κ3) is 9.04. The lowest BCUT2D eigenvalue weighted by Gasteiger charge is -2.36. The lowest BCUT2D eigenvalue weighted by Crippen LogP contribution is -2.47. The molecule has 1 heterocycles. The maximum atomic E-state index is 3.51. The molecule has 0 saturated carbocycles. The van der Waals surface area contributed by atoms with Crippen LogP contribution in [0.3, 0.4) is 0 Å². The smallest absolute Gasteiger partial charge is 0.0110 e. The van der Waals surface area contributed by atoms with Crippen LogP contribution in [0.25, 0.3) is 0 Å². The number of piperazine rings is 1. The van der Waals surface area contributed by atoms with Crippen molar-refractivity contribution in [1.82, 2.24) is 20.0 Å². The zero-order valence-electron chi connectivity index (χ0n) is 16.6. The highest BCUT2D eigenvalue weighted by Gasteiger charge is 2.17. The normalized spacial score (nSPS) is 18.0. The zero-order chi connectivity index (χ0) is 17.2. The van der Waals surface area contributed by atoms with Gasteiger partial charge in [-0.1, -0.05) is 13.8 Å². The van der Waals surface area contributed by atoms with Crippen molar-refractivity contribution in [3.63, 3.8) is 0 Å². The highest BCUT2D eigenvalue weighted by Crippen LogP contribution is 2.08. The van der Waals surface area contributed by atoms with Crippen molar-refractivity contribution in [3.05, 3.63) is 0 Å². The van der Waals surface area contributed by atoms with Crippen LogP contribution < -0.4 is 5.32 Å². The summed E-state index contributed by atoms with van der Waals surface area (Å²) in [5, 5.41) is 3.51. The van der Waals surface area contributed by atoms with Crippen LogP contribution in [-0.4, -0.2) is 85.2 Å². The number of hydrogen-bond donors (Lipinski definition) is 1. The zero-order valence-corrected chi connectivity index (χ0v) is 16.6. The summed E-state index contributed by atoms with van der Waals surface area (Å²) in [7, 11) is 0. The van der Waals surface area contributed by atoms with Crippen LogP contribution in [0.1, 0.15) is 54.4 Å². The van der Waals surface area contributed by atoms with Crippen LogP contribution in [-0.2, 0) is 0 Å². The van der Waals surface area contributed by atoms with E-state index in [1.807, 2.05) is 0 Å². The van der Waals surface area contributed by atoms with E-state index in [1.165, 1.54) is 58.7 Å². The Kier molecular flexibility index (Phi) is 10.4. The molecule has 0 aromatic heterocycles. The van der Waals surface area contributed by atoms with Crippen molar-refractivity contribution < 1.29 is 0 Å². The summed E-state index contributed by atoms with van der Waals surface area (Å²) < 4.78 is 0. The predicted molar refractivity (Wildman–Crippen MR) is 102 cm³/mol. The second-order valence-corrected chi connectivity index (χ2v) is 7.92. The molecule has 23 heavy (non-hydrogen) atoms. The lowest BCUT2D eigenvalue weighted by molar-refractivity contribution is 0.117. The highest BCUT2D eigenvalue weighted by atomic mass is 15.3. The number of nitrogens with zero attached hydrogens (tertiary/aromatic N) is 3. The topological polar surface area (TPSA) is 21.8 Å². The molecule has 0 aromatic carbocycles. The van der Waals surface area contributed by atoms with Gasteiger partial charge in [-0.3, -0.25) is 4.90 Å². The van der Waals surface area contributed by atoms with E-state index in [1.54, 1.807) is 0 Å². The van der Waals surface area contributed by atoms with Crippen molar-refractivity contribution in [3.8, 4) is 0 Å². The van der Waals surface area contributed by atoms with E-state index in [0.717, 1.165) is 6.54 Å². The van der Waals surface area contributed by atoms with E-state index in [0.29, 0.717) is 18.1 Å². The van der Waals surface area contributed by atoms with Gasteiger partial charge in [0.2, 0.25) is 0 Å². The third-order valence-corrected chi connectivity index (χ3v) is 4.89. The average Bonchev–Trinajstić information content (AvgIpc) is 2.48. The van der Waals surface area contributed by atoms with Crippen LogP contribution in [0, 0.1) is 0 Å². The van der Waals surface area contributed by atoms with E-state index in [2.05, 4.69) is 61.6 Å². The minimum Gasteiger partial charge on any atom is -0.314 e. The van der Waals surface area contributed by atoms with Gasteiger partial charge in [-0.15, -0.1) is 0 Å². The van der Waals surface area contributed by atoms with Crippen molar-refractivity contribution in [2.24, 2.45) is 0 Å². The monoisotopic (exact) mass is 326 g/mol. The van der Waals surface area contributed by atoms with E-state index >= 15 is 0 Å². The molecule has 0 unspecified atom stereocenters. The molecule has 4 heteroatoms. The molecule has 1 fully saturated rings. The Morgan fingerprint density at radius 2 is 1.26 bits per heavy atom. The quantitative estimate of drug-likeness (QED) is 0.589. The van der Waals surface area contributed by atoms with Gasteiger partial charge in [0.05, 0.1) is 0 Å². The van der Waals surface area contributed by atoms with Crippen LogP contribution in [0.4, 0.5) is 0 Å². The van der Waals surface area contributed by atoms with Gasteiger partial charge in [0.15, 0.2) is 0 Å². The molecule has 0 aromatic rings. The van der Waals surface area contributed by atoms with E-state index in [4.69, 9.17) is 0 Å². The molecule has 0 aliphatic carbocycles. The largest absolute Gasteiger partial charge is 0.314 e. The molecule has 0 radical (unpaired) electrons. The number of rotatable bonds is 11. The lowest BCUT2D eigenvalue weighted by atomic mass is 10.2. The van der Waals surface area contributed by atoms with Crippen LogP contribution >= 0.6 is 0 Å². The molecule has 4 nitrogen and oxygen atoms in total. The fourth-order valence-corrected chi connectivity index (χ4v) is 3.52. The molecular weight excluding hydrogens is 284 g/mol. The number of hydrogen-bond acceptors (Lipinski definition) is 4. The predicted octanol–water partition coefficient (Wildman–Crippen LogP) is 2.50. The summed E-state index contributed by atoms with van der Waals surface area (Å²) in [6.07, 6.45) is 2.57. The summed E-state index contributed by atoms with van der Waals surface area (Å²) in [6.45, 7) is 23.6. The van der Waals surface area contributed by atoms with E-state index in [9.17, 15) is 0 Å². The Hall–Kier alpha value is -0.160. The first-order valence-corrected chi connectivity index (χ1v) is 9.84. The van der Waals surface area contributed by atoms with Gasteiger partial charge >= 0.3 is 0 Å². The maximum Gasteiger partial charge on any atom is 0.0110 e. The molecule has 1 aliphatic heterocycles. The van der Waals surface area contributed by atoms with Gasteiger partial charge in [0, 0.05) is 44.3 Å².